The number of carboxylic acids is 1. The lowest BCUT2D eigenvalue weighted by Crippen LogP contribution is -2.32. The van der Waals surface area contributed by atoms with Crippen LogP contribution in [0.4, 0.5) is 13.2 Å². The van der Waals surface area contributed by atoms with E-state index in [0.29, 0.717) is 37.1 Å². The van der Waals surface area contributed by atoms with Crippen LogP contribution in [-0.4, -0.2) is 39.6 Å². The number of benzene rings is 2. The molecule has 1 fully saturated rings. The van der Waals surface area contributed by atoms with Crippen molar-refractivity contribution >= 4 is 11.9 Å². The number of hydrogen-bond donors (Lipinski definition) is 2. The van der Waals surface area contributed by atoms with Crippen molar-refractivity contribution in [1.29, 1.82) is 0 Å². The number of aliphatic carboxylic acids is 1. The summed E-state index contributed by atoms with van der Waals surface area (Å²) in [6, 6.07) is 10.9. The van der Waals surface area contributed by atoms with Crippen molar-refractivity contribution in [3.05, 3.63) is 71.8 Å². The van der Waals surface area contributed by atoms with Crippen molar-refractivity contribution in [3.63, 3.8) is 0 Å². The minimum Gasteiger partial charge on any atom is -0.481 e. The number of aliphatic hydroxyl groups excluding tert-OH is 1. The van der Waals surface area contributed by atoms with Gasteiger partial charge in [0.2, 0.25) is 5.91 Å². The Morgan fingerprint density at radius 3 is 2.50 bits per heavy atom. The van der Waals surface area contributed by atoms with Crippen molar-refractivity contribution in [2.45, 2.75) is 63.3 Å². The molecule has 0 bridgehead atoms. The number of carbonyl (C=O) groups excluding carboxylic acids is 1. The number of halogens is 3. The van der Waals surface area contributed by atoms with Crippen LogP contribution in [0, 0.1) is 0 Å². The molecule has 0 saturated carbocycles. The molecule has 0 radical (unpaired) electrons. The van der Waals surface area contributed by atoms with Crippen molar-refractivity contribution in [2.75, 3.05) is 6.54 Å². The highest BCUT2D eigenvalue weighted by atomic mass is 19.4. The normalized spacial score (nSPS) is 17.1. The molecule has 1 unspecified atom stereocenters. The summed E-state index contributed by atoms with van der Waals surface area (Å²) in [5.41, 5.74) is -0.305. The van der Waals surface area contributed by atoms with E-state index in [1.54, 1.807) is 41.3 Å². The topological polar surface area (TPSA) is 87.1 Å². The van der Waals surface area contributed by atoms with Crippen LogP contribution in [0.5, 0.6) is 11.5 Å². The molecule has 9 heteroatoms. The van der Waals surface area contributed by atoms with E-state index >= 15 is 0 Å². The monoisotopic (exact) mass is 505 g/mol. The number of hydrogen-bond acceptors (Lipinski definition) is 4. The van der Waals surface area contributed by atoms with E-state index in [4.69, 9.17) is 9.84 Å². The fourth-order valence-corrected chi connectivity index (χ4v) is 4.14. The summed E-state index contributed by atoms with van der Waals surface area (Å²) in [4.78, 5) is 24.6. The first-order chi connectivity index (χ1) is 17.1. The van der Waals surface area contributed by atoms with Crippen molar-refractivity contribution in [2.24, 2.45) is 0 Å². The van der Waals surface area contributed by atoms with Gasteiger partial charge in [-0.15, -0.1) is 0 Å². The quantitative estimate of drug-likeness (QED) is 0.268. The van der Waals surface area contributed by atoms with Gasteiger partial charge < -0.3 is 19.8 Å². The Morgan fingerprint density at radius 1 is 1.08 bits per heavy atom. The Hall–Kier alpha value is -3.33. The van der Waals surface area contributed by atoms with E-state index in [1.165, 1.54) is 12.1 Å². The fraction of sp³-hybridized carbons (Fsp3) is 0.407. The summed E-state index contributed by atoms with van der Waals surface area (Å²) in [7, 11) is 0. The smallest absolute Gasteiger partial charge is 0.416 e. The number of alkyl halides is 3. The predicted molar refractivity (Wildman–Crippen MR) is 128 cm³/mol. The van der Waals surface area contributed by atoms with Gasteiger partial charge in [-0.05, 0) is 55.2 Å². The van der Waals surface area contributed by atoms with Gasteiger partial charge in [-0.2, -0.15) is 13.2 Å². The molecule has 2 atom stereocenters. The lowest BCUT2D eigenvalue weighted by molar-refractivity contribution is -0.138. The van der Waals surface area contributed by atoms with Gasteiger partial charge in [-0.3, -0.25) is 9.59 Å². The average Bonchev–Trinajstić information content (AvgIpc) is 3.18. The van der Waals surface area contributed by atoms with Crippen LogP contribution in [-0.2, 0) is 15.8 Å². The Bertz CT molecular complexity index is 1070. The first-order valence-corrected chi connectivity index (χ1v) is 12.0. The summed E-state index contributed by atoms with van der Waals surface area (Å²) >= 11 is 0. The van der Waals surface area contributed by atoms with Crippen LogP contribution >= 0.6 is 0 Å². The van der Waals surface area contributed by atoms with Gasteiger partial charge >= 0.3 is 12.1 Å². The number of ether oxygens (including phenoxy) is 1. The van der Waals surface area contributed by atoms with Gasteiger partial charge in [-0.25, -0.2) is 0 Å². The van der Waals surface area contributed by atoms with Crippen molar-refractivity contribution in [1.82, 2.24) is 4.90 Å². The Morgan fingerprint density at radius 2 is 1.78 bits per heavy atom. The van der Waals surface area contributed by atoms with Crippen molar-refractivity contribution in [3.8, 4) is 11.5 Å². The molecule has 1 aliphatic heterocycles. The highest BCUT2D eigenvalue weighted by molar-refractivity contribution is 5.79. The molecule has 1 aliphatic rings. The van der Waals surface area contributed by atoms with Crippen LogP contribution in [0.25, 0.3) is 0 Å². The standard InChI is InChI=1S/C27H30F3NO5/c28-27(29,30)20-8-6-10-23(18-20)36-22-9-5-7-19(17-22)24(32)14-12-21-13-15-25(33)31(21)16-4-2-1-3-11-26(34)35/h5-10,12,14,17-18,21,24,32H,1-4,11,13,15-16H2,(H,34,35)/b14-12+/t21-,24?/m0/s1. The van der Waals surface area contributed by atoms with E-state index < -0.39 is 23.8 Å². The van der Waals surface area contributed by atoms with Gasteiger partial charge in [0.15, 0.2) is 0 Å². The third-order valence-corrected chi connectivity index (χ3v) is 6.03. The molecule has 1 amide bonds. The second kappa shape index (κ2) is 12.6. The first-order valence-electron chi connectivity index (χ1n) is 12.0. The molecule has 0 aromatic heterocycles. The molecule has 36 heavy (non-hydrogen) atoms. The minimum atomic E-state index is -4.47. The van der Waals surface area contributed by atoms with E-state index in [9.17, 15) is 27.9 Å². The molecule has 0 aliphatic carbocycles. The van der Waals surface area contributed by atoms with E-state index in [-0.39, 0.29) is 24.1 Å². The lowest BCUT2D eigenvalue weighted by Gasteiger charge is -2.22. The Labute approximate surface area is 208 Å². The number of likely N-dealkylation sites (tertiary alicyclic amines) is 1. The molecule has 3 rings (SSSR count). The van der Waals surface area contributed by atoms with Gasteiger partial charge in [0.25, 0.3) is 0 Å². The van der Waals surface area contributed by atoms with E-state index in [1.807, 2.05) is 0 Å². The van der Waals surface area contributed by atoms with Crippen LogP contribution in [0.15, 0.2) is 60.7 Å². The van der Waals surface area contributed by atoms with Crippen LogP contribution in [0.3, 0.4) is 0 Å². The van der Waals surface area contributed by atoms with Gasteiger partial charge in [-0.1, -0.05) is 43.2 Å². The molecule has 1 saturated heterocycles. The molecule has 6 nitrogen and oxygen atoms in total. The van der Waals surface area contributed by atoms with Crippen molar-refractivity contribution < 1.29 is 37.7 Å². The zero-order chi connectivity index (χ0) is 26.1. The van der Waals surface area contributed by atoms with Gasteiger partial charge in [0.05, 0.1) is 17.7 Å². The first kappa shape index (κ1) is 27.3. The molecule has 1 heterocycles. The van der Waals surface area contributed by atoms with Crippen LogP contribution in [0.2, 0.25) is 0 Å². The zero-order valence-corrected chi connectivity index (χ0v) is 19.8. The molecule has 194 valence electrons. The number of amides is 1. The lowest BCUT2D eigenvalue weighted by atomic mass is 10.1. The minimum absolute atomic E-state index is 0.0371. The third kappa shape index (κ3) is 8.12. The van der Waals surface area contributed by atoms with Gasteiger partial charge in [0, 0.05) is 19.4 Å². The summed E-state index contributed by atoms with van der Waals surface area (Å²) in [6.07, 6.45) is 2.24. The summed E-state index contributed by atoms with van der Waals surface area (Å²) in [6.45, 7) is 0.581. The molecule has 2 aromatic rings. The number of carbonyl (C=O) groups is 2. The summed E-state index contributed by atoms with van der Waals surface area (Å²) < 4.78 is 44.4. The Kier molecular flexibility index (Phi) is 9.52. The fourth-order valence-electron chi connectivity index (χ4n) is 4.14. The summed E-state index contributed by atoms with van der Waals surface area (Å²) in [5, 5.41) is 19.3. The number of carboxylic acid groups (broad SMARTS) is 1. The number of nitrogens with zero attached hydrogens (tertiary/aromatic N) is 1. The predicted octanol–water partition coefficient (Wildman–Crippen LogP) is 6.11. The molecular weight excluding hydrogens is 475 g/mol. The number of aliphatic hydroxyl groups is 1. The third-order valence-electron chi connectivity index (χ3n) is 6.03. The van der Waals surface area contributed by atoms with E-state index in [0.717, 1.165) is 31.4 Å². The maximum Gasteiger partial charge on any atom is 0.416 e. The highest BCUT2D eigenvalue weighted by Crippen LogP contribution is 2.33. The van der Waals surface area contributed by atoms with Gasteiger partial charge in [0.1, 0.15) is 11.5 Å². The average molecular weight is 506 g/mol. The maximum absolute atomic E-state index is 12.9. The Balaban J connectivity index is 1.57. The second-order valence-corrected chi connectivity index (χ2v) is 8.78. The maximum atomic E-state index is 12.9. The molecular formula is C27H30F3NO5. The molecule has 0 spiro atoms. The number of unbranched alkanes of at least 4 members (excludes halogenated alkanes) is 3. The second-order valence-electron chi connectivity index (χ2n) is 8.78. The summed E-state index contributed by atoms with van der Waals surface area (Å²) in [5.74, 6) is -0.419. The number of rotatable bonds is 12. The van der Waals surface area contributed by atoms with E-state index in [2.05, 4.69) is 0 Å². The largest absolute Gasteiger partial charge is 0.481 e. The van der Waals surface area contributed by atoms with Crippen LogP contribution in [0.1, 0.15) is 62.2 Å². The SMILES string of the molecule is O=C(O)CCCCCCN1C(=O)CC[C@@H]1/C=C/C(O)c1cccc(Oc2cccc(C(F)(F)F)c2)c1. The molecule has 2 aromatic carbocycles. The zero-order valence-electron chi connectivity index (χ0n) is 19.8. The highest BCUT2D eigenvalue weighted by Gasteiger charge is 2.31. The molecule has 2 N–H and O–H groups in total. The van der Waals surface area contributed by atoms with Crippen LogP contribution < -0.4 is 4.74 Å².